The van der Waals surface area contributed by atoms with Gasteiger partial charge in [0.15, 0.2) is 0 Å². The highest BCUT2D eigenvalue weighted by atomic mass is 32.1. The molecule has 0 fully saturated rings. The zero-order valence-electron chi connectivity index (χ0n) is 9.19. The maximum absolute atomic E-state index is 10.7. The summed E-state index contributed by atoms with van der Waals surface area (Å²) in [5.41, 5.74) is 0. The van der Waals surface area contributed by atoms with E-state index in [-0.39, 0.29) is 6.04 Å². The number of rotatable bonds is 6. The van der Waals surface area contributed by atoms with E-state index < -0.39 is 5.97 Å². The number of hydrogen-bond acceptors (Lipinski definition) is 3. The first-order valence-corrected chi connectivity index (χ1v) is 6.00. The predicted octanol–water partition coefficient (Wildman–Crippen LogP) is 2.34. The highest BCUT2D eigenvalue weighted by Gasteiger charge is 2.08. The first-order valence-electron chi connectivity index (χ1n) is 5.19. The molecule has 1 atom stereocenters. The van der Waals surface area contributed by atoms with Crippen molar-refractivity contribution in [1.82, 2.24) is 5.32 Å². The van der Waals surface area contributed by atoms with Crippen LogP contribution in [0.1, 0.15) is 34.3 Å². The molecule has 0 aliphatic heterocycles. The topological polar surface area (TPSA) is 49.3 Å². The van der Waals surface area contributed by atoms with E-state index in [9.17, 15) is 4.79 Å². The lowest BCUT2D eigenvalue weighted by molar-refractivity contribution is 0.0702. The molecular weight excluding hydrogens is 222 g/mol. The smallest absolute Gasteiger partial charge is 0.345 e. The van der Waals surface area contributed by atoms with Crippen LogP contribution in [0.25, 0.3) is 0 Å². The van der Waals surface area contributed by atoms with E-state index in [2.05, 4.69) is 18.2 Å². The van der Waals surface area contributed by atoms with Gasteiger partial charge in [-0.15, -0.1) is 17.8 Å². The molecule has 2 N–H and O–H groups in total. The van der Waals surface area contributed by atoms with Crippen LogP contribution < -0.4 is 5.32 Å². The number of carboxylic acids is 1. The summed E-state index contributed by atoms with van der Waals surface area (Å²) in [4.78, 5) is 12.0. The van der Waals surface area contributed by atoms with Crippen LogP contribution in [-0.2, 0) is 6.54 Å². The number of aromatic carboxylic acids is 1. The minimum absolute atomic E-state index is 0.0698. The number of nitrogens with one attached hydrogen (secondary N) is 1. The maximum atomic E-state index is 10.7. The molecule has 4 heteroatoms. The van der Waals surface area contributed by atoms with Crippen molar-refractivity contribution in [2.45, 2.75) is 32.4 Å². The lowest BCUT2D eigenvalue weighted by Gasteiger charge is -2.10. The predicted molar refractivity (Wildman–Crippen MR) is 65.6 cm³/mol. The molecule has 1 rings (SSSR count). The molecule has 86 valence electrons. The Kier molecular flexibility index (Phi) is 5.03. The van der Waals surface area contributed by atoms with Crippen LogP contribution in [0.5, 0.6) is 0 Å². The van der Waals surface area contributed by atoms with E-state index in [1.807, 2.05) is 6.07 Å². The fourth-order valence-electron chi connectivity index (χ4n) is 1.34. The van der Waals surface area contributed by atoms with Crippen LogP contribution in [0.15, 0.2) is 12.1 Å². The maximum Gasteiger partial charge on any atom is 0.345 e. The highest BCUT2D eigenvalue weighted by molar-refractivity contribution is 7.13. The molecule has 16 heavy (non-hydrogen) atoms. The molecule has 1 aromatic heterocycles. The second-order valence-electron chi connectivity index (χ2n) is 3.46. The molecule has 0 saturated heterocycles. The Bertz CT molecular complexity index is 392. The number of hydrogen-bond donors (Lipinski definition) is 2. The Morgan fingerprint density at radius 2 is 2.44 bits per heavy atom. The van der Waals surface area contributed by atoms with Crippen molar-refractivity contribution >= 4 is 17.3 Å². The number of carbonyl (C=O) groups is 1. The Morgan fingerprint density at radius 1 is 1.69 bits per heavy atom. The Hall–Kier alpha value is -1.31. The van der Waals surface area contributed by atoms with Gasteiger partial charge in [0.2, 0.25) is 0 Å². The molecule has 0 aliphatic carbocycles. The van der Waals surface area contributed by atoms with Gasteiger partial charge < -0.3 is 5.11 Å². The van der Waals surface area contributed by atoms with Gasteiger partial charge in [-0.2, -0.15) is 0 Å². The average molecular weight is 237 g/mol. The zero-order chi connectivity index (χ0) is 12.0. The molecule has 3 nitrogen and oxygen atoms in total. The van der Waals surface area contributed by atoms with Crippen molar-refractivity contribution in [2.24, 2.45) is 0 Å². The van der Waals surface area contributed by atoms with Crippen molar-refractivity contribution in [1.29, 1.82) is 0 Å². The van der Waals surface area contributed by atoms with Crippen LogP contribution in [0.4, 0.5) is 0 Å². The van der Waals surface area contributed by atoms with E-state index in [0.717, 1.165) is 17.7 Å². The normalized spacial score (nSPS) is 12.0. The SMILES string of the molecule is C#CC(CCC)NCc1ccc(C(=O)O)s1. The molecule has 0 bridgehead atoms. The van der Waals surface area contributed by atoms with Gasteiger partial charge in [0.1, 0.15) is 4.88 Å². The van der Waals surface area contributed by atoms with Gasteiger partial charge in [-0.05, 0) is 18.6 Å². The van der Waals surface area contributed by atoms with Crippen molar-refractivity contribution in [3.8, 4) is 12.3 Å². The molecule has 0 aromatic carbocycles. The monoisotopic (exact) mass is 237 g/mol. The molecule has 0 aliphatic rings. The Labute approximate surface area is 99.5 Å². The second-order valence-corrected chi connectivity index (χ2v) is 4.63. The Morgan fingerprint density at radius 3 is 2.94 bits per heavy atom. The fourth-order valence-corrected chi connectivity index (χ4v) is 2.14. The molecule has 0 saturated carbocycles. The first-order chi connectivity index (χ1) is 7.67. The lowest BCUT2D eigenvalue weighted by Crippen LogP contribution is -2.26. The average Bonchev–Trinajstić information content (AvgIpc) is 2.73. The third-order valence-electron chi connectivity index (χ3n) is 2.17. The molecular formula is C12H15NO2S. The van der Waals surface area contributed by atoms with Crippen LogP contribution >= 0.6 is 11.3 Å². The summed E-state index contributed by atoms with van der Waals surface area (Å²) in [5.74, 6) is 1.80. The Balaban J connectivity index is 2.48. The van der Waals surface area contributed by atoms with Crippen molar-refractivity contribution < 1.29 is 9.90 Å². The highest BCUT2D eigenvalue weighted by Crippen LogP contribution is 2.16. The minimum atomic E-state index is -0.877. The standard InChI is InChI=1S/C12H15NO2S/c1-3-5-9(4-2)13-8-10-6-7-11(16-10)12(14)15/h2,6-7,9,13H,3,5,8H2,1H3,(H,14,15). The van der Waals surface area contributed by atoms with E-state index in [0.29, 0.717) is 11.4 Å². The van der Waals surface area contributed by atoms with E-state index >= 15 is 0 Å². The second kappa shape index (κ2) is 6.31. The van der Waals surface area contributed by atoms with Crippen molar-refractivity contribution in [3.63, 3.8) is 0 Å². The van der Waals surface area contributed by atoms with Gasteiger partial charge in [-0.25, -0.2) is 4.79 Å². The van der Waals surface area contributed by atoms with Crippen LogP contribution in [-0.4, -0.2) is 17.1 Å². The summed E-state index contributed by atoms with van der Waals surface area (Å²) in [6.45, 7) is 2.71. The van der Waals surface area contributed by atoms with E-state index in [1.165, 1.54) is 11.3 Å². The summed E-state index contributed by atoms with van der Waals surface area (Å²) < 4.78 is 0. The molecule has 0 amide bonds. The number of carboxylic acid groups (broad SMARTS) is 1. The number of thiophene rings is 1. The molecule has 0 radical (unpaired) electrons. The summed E-state index contributed by atoms with van der Waals surface area (Å²) in [6.07, 6.45) is 7.35. The largest absolute Gasteiger partial charge is 0.477 e. The number of terminal acetylenes is 1. The minimum Gasteiger partial charge on any atom is -0.477 e. The first kappa shape index (κ1) is 12.8. The van der Waals surface area contributed by atoms with Gasteiger partial charge in [-0.1, -0.05) is 19.3 Å². The van der Waals surface area contributed by atoms with Gasteiger partial charge in [-0.3, -0.25) is 5.32 Å². The fraction of sp³-hybridized carbons (Fsp3) is 0.417. The molecule has 1 aromatic rings. The van der Waals surface area contributed by atoms with Crippen LogP contribution in [0.3, 0.4) is 0 Å². The van der Waals surface area contributed by atoms with E-state index in [4.69, 9.17) is 11.5 Å². The van der Waals surface area contributed by atoms with Gasteiger partial charge >= 0.3 is 5.97 Å². The molecule has 0 spiro atoms. The summed E-state index contributed by atoms with van der Waals surface area (Å²) in [6, 6.07) is 3.51. The van der Waals surface area contributed by atoms with Gasteiger partial charge in [0.05, 0.1) is 6.04 Å². The molecule has 1 unspecified atom stereocenters. The third-order valence-corrected chi connectivity index (χ3v) is 3.25. The summed E-state index contributed by atoms with van der Waals surface area (Å²) >= 11 is 1.28. The van der Waals surface area contributed by atoms with Gasteiger partial charge in [0.25, 0.3) is 0 Å². The van der Waals surface area contributed by atoms with Gasteiger partial charge in [0, 0.05) is 11.4 Å². The van der Waals surface area contributed by atoms with Crippen molar-refractivity contribution in [3.05, 3.63) is 21.9 Å². The van der Waals surface area contributed by atoms with Crippen molar-refractivity contribution in [2.75, 3.05) is 0 Å². The van der Waals surface area contributed by atoms with E-state index in [1.54, 1.807) is 6.07 Å². The molecule has 1 heterocycles. The van der Waals surface area contributed by atoms with Crippen LogP contribution in [0.2, 0.25) is 0 Å². The summed E-state index contributed by atoms with van der Waals surface area (Å²) in [5, 5.41) is 12.0. The zero-order valence-corrected chi connectivity index (χ0v) is 10.0. The summed E-state index contributed by atoms with van der Waals surface area (Å²) in [7, 11) is 0. The quantitative estimate of drug-likeness (QED) is 0.747. The lowest BCUT2D eigenvalue weighted by atomic mass is 10.2. The van der Waals surface area contributed by atoms with Crippen LogP contribution in [0, 0.1) is 12.3 Å². The third kappa shape index (κ3) is 3.69.